The minimum atomic E-state index is -5.74. The van der Waals surface area contributed by atoms with E-state index in [9.17, 15) is 44.7 Å². The molecule has 0 aromatic heterocycles. The maximum absolute atomic E-state index is 13.0. The lowest BCUT2D eigenvalue weighted by molar-refractivity contribution is -0.284. The van der Waals surface area contributed by atoms with Crippen molar-refractivity contribution in [2.45, 2.75) is 57.0 Å². The topological polar surface area (TPSA) is 85.3 Å². The number of carboxylic acid groups (broad SMARTS) is 1. The Morgan fingerprint density at radius 2 is 1.59 bits per heavy atom. The summed E-state index contributed by atoms with van der Waals surface area (Å²) in [5.74, 6) is -5.81. The average molecular weight is 553 g/mol. The first-order valence-electron chi connectivity index (χ1n) is 11.0. The van der Waals surface area contributed by atoms with E-state index in [4.69, 9.17) is 14.6 Å². The Labute approximate surface area is 207 Å². The highest BCUT2D eigenvalue weighted by Gasteiger charge is 2.56. The quantitative estimate of drug-likeness (QED) is 0.229. The zero-order chi connectivity index (χ0) is 28.3. The van der Waals surface area contributed by atoms with Crippen LogP contribution in [0.1, 0.15) is 31.7 Å². The Morgan fingerprint density at radius 1 is 0.973 bits per heavy atom. The van der Waals surface area contributed by atoms with Gasteiger partial charge >= 0.3 is 30.3 Å². The van der Waals surface area contributed by atoms with Gasteiger partial charge in [0.25, 0.3) is 0 Å². The van der Waals surface area contributed by atoms with Crippen molar-refractivity contribution < 1.29 is 64.0 Å². The molecule has 0 bridgehead atoms. The van der Waals surface area contributed by atoms with Gasteiger partial charge in [-0.05, 0) is 37.5 Å². The highest BCUT2D eigenvalue weighted by molar-refractivity contribution is 5.72. The molecule has 1 atom stereocenters. The molecule has 0 heterocycles. The number of aliphatic carboxylic acids is 1. The molecule has 0 aliphatic rings. The number of amides is 1. The molecule has 1 aromatic rings. The Kier molecular flexibility index (Phi) is 12.3. The third-order valence-corrected chi connectivity index (χ3v) is 4.82. The third-order valence-electron chi connectivity index (χ3n) is 4.82. The van der Waals surface area contributed by atoms with Crippen LogP contribution in [0.25, 0.3) is 0 Å². The lowest BCUT2D eigenvalue weighted by Gasteiger charge is -2.23. The zero-order valence-corrected chi connectivity index (χ0v) is 19.7. The summed E-state index contributed by atoms with van der Waals surface area (Å²) in [4.78, 5) is 23.9. The molecule has 0 spiro atoms. The highest BCUT2D eigenvalue weighted by Crippen LogP contribution is 2.39. The number of alkyl halides is 8. The van der Waals surface area contributed by atoms with Gasteiger partial charge in [-0.1, -0.05) is 12.1 Å². The summed E-state index contributed by atoms with van der Waals surface area (Å²) in [5.41, 5.74) is 0.612. The van der Waals surface area contributed by atoms with Gasteiger partial charge in [-0.2, -0.15) is 35.1 Å². The maximum atomic E-state index is 13.0. The molecular weight excluding hydrogens is 526 g/mol. The van der Waals surface area contributed by atoms with Gasteiger partial charge in [-0.15, -0.1) is 0 Å². The van der Waals surface area contributed by atoms with Crippen LogP contribution in [-0.4, -0.2) is 79.4 Å². The predicted octanol–water partition coefficient (Wildman–Crippen LogP) is 5.47. The van der Waals surface area contributed by atoms with Gasteiger partial charge in [0.2, 0.25) is 0 Å². The number of benzene rings is 1. The molecule has 1 amide bonds. The molecule has 0 radical (unpaired) electrons. The van der Waals surface area contributed by atoms with Gasteiger partial charge in [0.1, 0.15) is 12.4 Å². The van der Waals surface area contributed by atoms with Crippen LogP contribution in [0.15, 0.2) is 24.3 Å². The molecule has 1 unspecified atom stereocenters. The fraction of sp³-hybridized carbons (Fsp3) is 0.636. The van der Waals surface area contributed by atoms with Crippen LogP contribution < -0.4 is 4.74 Å². The first-order chi connectivity index (χ1) is 17.1. The van der Waals surface area contributed by atoms with Gasteiger partial charge in [-0.25, -0.2) is 9.59 Å². The molecular formula is C22H27F8NO6. The molecule has 0 saturated carbocycles. The number of hydrogen-bond acceptors (Lipinski definition) is 5. The summed E-state index contributed by atoms with van der Waals surface area (Å²) in [6.45, 7) is -1.12. The molecule has 0 fully saturated rings. The van der Waals surface area contributed by atoms with E-state index in [1.165, 1.54) is 12.1 Å². The lowest BCUT2D eigenvalue weighted by atomic mass is 10.1. The van der Waals surface area contributed by atoms with Gasteiger partial charge in [0.05, 0.1) is 6.54 Å². The third kappa shape index (κ3) is 12.3. The number of ether oxygens (including phenoxy) is 3. The van der Waals surface area contributed by atoms with Crippen molar-refractivity contribution >= 4 is 12.1 Å². The van der Waals surface area contributed by atoms with E-state index in [1.54, 1.807) is 19.1 Å². The van der Waals surface area contributed by atoms with Crippen LogP contribution in [0.4, 0.5) is 39.9 Å². The minimum absolute atomic E-state index is 0.0790. The molecule has 15 heteroatoms. The summed E-state index contributed by atoms with van der Waals surface area (Å²) >= 11 is 0. The van der Waals surface area contributed by atoms with Crippen molar-refractivity contribution in [3.63, 3.8) is 0 Å². The van der Waals surface area contributed by atoms with Crippen molar-refractivity contribution in [2.24, 2.45) is 0 Å². The Morgan fingerprint density at radius 3 is 2.11 bits per heavy atom. The highest BCUT2D eigenvalue weighted by atomic mass is 19.4. The van der Waals surface area contributed by atoms with Gasteiger partial charge in [0, 0.05) is 26.0 Å². The lowest BCUT2D eigenvalue weighted by Crippen LogP contribution is -2.38. The van der Waals surface area contributed by atoms with Crippen molar-refractivity contribution in [2.75, 3.05) is 32.9 Å². The Bertz CT molecular complexity index is 845. The molecule has 1 rings (SSSR count). The second-order valence-electron chi connectivity index (χ2n) is 7.79. The molecule has 1 N–H and O–H groups in total. The summed E-state index contributed by atoms with van der Waals surface area (Å²) < 4.78 is 115. The number of nitrogens with zero attached hydrogens (tertiary/aromatic N) is 1. The largest absolute Gasteiger partial charge is 0.492 e. The van der Waals surface area contributed by atoms with E-state index in [2.05, 4.69) is 4.74 Å². The summed E-state index contributed by atoms with van der Waals surface area (Å²) in [5, 5.41) is 9.13. The molecule has 0 aliphatic carbocycles. The standard InChI is InChI=1S/C22H27F8NO6/c1-2-35-17(18(32)33)13-15-5-7-16(8-6-15)36-12-11-31(19(34)37-14-21(25,26)27)10-4-3-9-20(23,24)22(28,29)30/h5-8,17H,2-4,9-14H2,1H3,(H,32,33). The fourth-order valence-electron chi connectivity index (χ4n) is 2.95. The number of hydrogen-bond donors (Lipinski definition) is 1. The van der Waals surface area contributed by atoms with E-state index < -0.39 is 62.4 Å². The van der Waals surface area contributed by atoms with E-state index in [0.717, 1.165) is 0 Å². The van der Waals surface area contributed by atoms with E-state index in [0.29, 0.717) is 10.5 Å². The van der Waals surface area contributed by atoms with Gasteiger partial charge in [0.15, 0.2) is 12.7 Å². The summed E-state index contributed by atoms with van der Waals surface area (Å²) in [7, 11) is 0. The van der Waals surface area contributed by atoms with Gasteiger partial charge < -0.3 is 24.2 Å². The smallest absolute Gasteiger partial charge is 0.453 e. The van der Waals surface area contributed by atoms with Crippen LogP contribution in [0.3, 0.4) is 0 Å². The van der Waals surface area contributed by atoms with Crippen LogP contribution in [0, 0.1) is 0 Å². The fourth-order valence-corrected chi connectivity index (χ4v) is 2.95. The van der Waals surface area contributed by atoms with Crippen molar-refractivity contribution in [1.29, 1.82) is 0 Å². The number of halogens is 8. The number of carbonyl (C=O) groups is 2. The second-order valence-corrected chi connectivity index (χ2v) is 7.79. The van der Waals surface area contributed by atoms with E-state index in [1.807, 2.05) is 0 Å². The van der Waals surface area contributed by atoms with E-state index in [-0.39, 0.29) is 38.3 Å². The molecule has 1 aromatic carbocycles. The Balaban J connectivity index is 2.67. The van der Waals surface area contributed by atoms with Crippen LogP contribution in [0.5, 0.6) is 5.75 Å². The van der Waals surface area contributed by atoms with Crippen molar-refractivity contribution in [3.05, 3.63) is 29.8 Å². The molecule has 212 valence electrons. The zero-order valence-electron chi connectivity index (χ0n) is 19.7. The van der Waals surface area contributed by atoms with E-state index >= 15 is 0 Å². The molecule has 0 aliphatic heterocycles. The monoisotopic (exact) mass is 553 g/mol. The molecule has 37 heavy (non-hydrogen) atoms. The number of carboxylic acids is 1. The maximum Gasteiger partial charge on any atom is 0.453 e. The van der Waals surface area contributed by atoms with Crippen LogP contribution in [0.2, 0.25) is 0 Å². The first kappa shape index (κ1) is 32.2. The number of carbonyl (C=O) groups excluding carboxylic acids is 1. The summed E-state index contributed by atoms with van der Waals surface area (Å²) in [6, 6.07) is 6.07. The number of unbranched alkanes of at least 4 members (excludes halogenated alkanes) is 1. The Hall–Kier alpha value is -2.84. The van der Waals surface area contributed by atoms with Crippen molar-refractivity contribution in [1.82, 2.24) is 4.90 Å². The van der Waals surface area contributed by atoms with Gasteiger partial charge in [-0.3, -0.25) is 0 Å². The van der Waals surface area contributed by atoms with Crippen LogP contribution >= 0.6 is 0 Å². The SMILES string of the molecule is CCOC(Cc1ccc(OCCN(CCCCC(F)(F)C(F)(F)F)C(=O)OCC(F)(F)F)cc1)C(=O)O. The van der Waals surface area contributed by atoms with Crippen molar-refractivity contribution in [3.8, 4) is 5.75 Å². The normalized spacial score (nSPS) is 13.2. The van der Waals surface area contributed by atoms with Crippen LogP contribution in [-0.2, 0) is 20.7 Å². The average Bonchev–Trinajstić information content (AvgIpc) is 2.78. The number of rotatable bonds is 15. The second kappa shape index (κ2) is 14.2. The predicted molar refractivity (Wildman–Crippen MR) is 113 cm³/mol. The minimum Gasteiger partial charge on any atom is -0.492 e. The first-order valence-corrected chi connectivity index (χ1v) is 11.0. The molecule has 0 saturated heterocycles. The summed E-state index contributed by atoms with van der Waals surface area (Å²) in [6.07, 6.45) is -15.5. The molecule has 7 nitrogen and oxygen atoms in total.